The first-order chi connectivity index (χ1) is 9.06. The van der Waals surface area contributed by atoms with Gasteiger partial charge in [0, 0.05) is 25.4 Å². The van der Waals surface area contributed by atoms with Crippen LogP contribution in [-0.2, 0) is 4.74 Å². The third-order valence-electron chi connectivity index (χ3n) is 3.32. The van der Waals surface area contributed by atoms with E-state index in [9.17, 15) is 4.79 Å². The van der Waals surface area contributed by atoms with Crippen molar-refractivity contribution in [1.82, 2.24) is 15.1 Å². The molecular weight excluding hydrogens is 242 g/mol. The molecule has 19 heavy (non-hydrogen) atoms. The highest BCUT2D eigenvalue weighted by molar-refractivity contribution is 5.92. The Balaban J connectivity index is 1.81. The van der Waals surface area contributed by atoms with Gasteiger partial charge in [0.2, 0.25) is 0 Å². The lowest BCUT2D eigenvalue weighted by atomic mass is 10.1. The number of carbonyl (C=O) groups is 1. The fourth-order valence-electron chi connectivity index (χ4n) is 2.24. The maximum atomic E-state index is 12.2. The van der Waals surface area contributed by atoms with Gasteiger partial charge in [-0.15, -0.1) is 0 Å². The molecule has 2 heterocycles. The molecule has 5 heteroatoms. The third kappa shape index (κ3) is 3.80. The number of aryl methyl sites for hydroxylation is 1. The normalized spacial score (nSPS) is 17.2. The summed E-state index contributed by atoms with van der Waals surface area (Å²) in [5, 5.41) is 6.83. The predicted octanol–water partition coefficient (Wildman–Crippen LogP) is 2.00. The van der Waals surface area contributed by atoms with Crippen LogP contribution >= 0.6 is 0 Å². The van der Waals surface area contributed by atoms with Crippen LogP contribution in [0.4, 0.5) is 0 Å². The summed E-state index contributed by atoms with van der Waals surface area (Å²) in [5.41, 5.74) is 1.43. The van der Waals surface area contributed by atoms with Gasteiger partial charge in [-0.3, -0.25) is 9.89 Å². The summed E-state index contributed by atoms with van der Waals surface area (Å²) in [6.45, 7) is 8.52. The molecule has 1 fully saturated rings. The minimum atomic E-state index is 0.0201. The Bertz CT molecular complexity index is 420. The van der Waals surface area contributed by atoms with E-state index in [1.807, 2.05) is 11.8 Å². The van der Waals surface area contributed by atoms with E-state index >= 15 is 0 Å². The van der Waals surface area contributed by atoms with Gasteiger partial charge in [0.15, 0.2) is 0 Å². The van der Waals surface area contributed by atoms with Gasteiger partial charge < -0.3 is 9.64 Å². The number of likely N-dealkylation sites (tertiary alicyclic amines) is 1. The smallest absolute Gasteiger partial charge is 0.274 e. The van der Waals surface area contributed by atoms with E-state index in [2.05, 4.69) is 24.0 Å². The molecular formula is C14H23N3O2. The van der Waals surface area contributed by atoms with Gasteiger partial charge in [0.05, 0.1) is 6.10 Å². The summed E-state index contributed by atoms with van der Waals surface area (Å²) in [4.78, 5) is 14.1. The molecule has 0 atom stereocenters. The minimum Gasteiger partial charge on any atom is -0.378 e. The lowest BCUT2D eigenvalue weighted by Crippen LogP contribution is -2.41. The van der Waals surface area contributed by atoms with Crippen LogP contribution in [0.1, 0.15) is 42.9 Å². The zero-order valence-electron chi connectivity index (χ0n) is 12.0. The largest absolute Gasteiger partial charge is 0.378 e. The van der Waals surface area contributed by atoms with Gasteiger partial charge in [0.1, 0.15) is 5.69 Å². The Morgan fingerprint density at radius 3 is 2.74 bits per heavy atom. The third-order valence-corrected chi connectivity index (χ3v) is 3.32. The monoisotopic (exact) mass is 265 g/mol. The molecule has 0 radical (unpaired) electrons. The summed E-state index contributed by atoms with van der Waals surface area (Å²) in [6.07, 6.45) is 2.14. The zero-order valence-corrected chi connectivity index (χ0v) is 12.0. The molecule has 0 spiro atoms. The second kappa shape index (κ2) is 6.19. The summed E-state index contributed by atoms with van der Waals surface area (Å²) in [7, 11) is 0. The molecule has 0 saturated carbocycles. The van der Waals surface area contributed by atoms with E-state index in [0.29, 0.717) is 17.7 Å². The Hall–Kier alpha value is -1.36. The van der Waals surface area contributed by atoms with Gasteiger partial charge in [-0.1, -0.05) is 13.8 Å². The number of nitrogens with one attached hydrogen (secondary N) is 1. The number of nitrogens with zero attached hydrogens (tertiary/aromatic N) is 2. The Labute approximate surface area is 114 Å². The summed E-state index contributed by atoms with van der Waals surface area (Å²) in [6, 6.07) is 1.80. The number of hydrogen-bond acceptors (Lipinski definition) is 3. The number of ether oxygens (including phenoxy) is 1. The second-order valence-electron chi connectivity index (χ2n) is 5.65. The highest BCUT2D eigenvalue weighted by atomic mass is 16.5. The molecule has 1 aliphatic heterocycles. The van der Waals surface area contributed by atoms with Gasteiger partial charge in [-0.25, -0.2) is 0 Å². The molecule has 1 saturated heterocycles. The van der Waals surface area contributed by atoms with E-state index in [4.69, 9.17) is 4.74 Å². The molecule has 5 nitrogen and oxygen atoms in total. The maximum absolute atomic E-state index is 12.2. The van der Waals surface area contributed by atoms with Crippen LogP contribution in [0.15, 0.2) is 6.07 Å². The number of amides is 1. The molecule has 0 aromatic carbocycles. The lowest BCUT2D eigenvalue weighted by Gasteiger charge is -2.31. The van der Waals surface area contributed by atoms with E-state index in [1.54, 1.807) is 6.07 Å². The van der Waals surface area contributed by atoms with Crippen molar-refractivity contribution in [2.24, 2.45) is 5.92 Å². The first kappa shape index (κ1) is 14.1. The highest BCUT2D eigenvalue weighted by Crippen LogP contribution is 2.16. The van der Waals surface area contributed by atoms with Gasteiger partial charge in [-0.05, 0) is 31.7 Å². The average Bonchev–Trinajstić information content (AvgIpc) is 2.83. The Morgan fingerprint density at radius 2 is 2.21 bits per heavy atom. The molecule has 2 rings (SSSR count). The van der Waals surface area contributed by atoms with Crippen LogP contribution in [0.2, 0.25) is 0 Å². The van der Waals surface area contributed by atoms with Crippen molar-refractivity contribution in [2.75, 3.05) is 19.7 Å². The molecule has 1 amide bonds. The number of aromatic amines is 1. The molecule has 0 bridgehead atoms. The first-order valence-electron chi connectivity index (χ1n) is 6.99. The number of carbonyl (C=O) groups excluding carboxylic acids is 1. The predicted molar refractivity (Wildman–Crippen MR) is 73.0 cm³/mol. The van der Waals surface area contributed by atoms with E-state index in [0.717, 1.165) is 38.2 Å². The maximum Gasteiger partial charge on any atom is 0.274 e. The van der Waals surface area contributed by atoms with E-state index in [1.165, 1.54) is 0 Å². The van der Waals surface area contributed by atoms with E-state index in [-0.39, 0.29) is 5.91 Å². The summed E-state index contributed by atoms with van der Waals surface area (Å²) < 4.78 is 5.82. The van der Waals surface area contributed by atoms with Crippen LogP contribution < -0.4 is 0 Å². The van der Waals surface area contributed by atoms with Crippen molar-refractivity contribution in [3.63, 3.8) is 0 Å². The number of piperidine rings is 1. The standard InChI is InChI=1S/C14H23N3O2/c1-10(2)9-19-12-4-6-17(7-5-12)14(18)13-8-11(3)15-16-13/h8,10,12H,4-7,9H2,1-3H3,(H,15,16). The molecule has 1 aromatic rings. The molecule has 1 aliphatic rings. The van der Waals surface area contributed by atoms with Crippen LogP contribution in [-0.4, -0.2) is 46.8 Å². The number of aromatic nitrogens is 2. The quantitative estimate of drug-likeness (QED) is 0.905. The second-order valence-corrected chi connectivity index (χ2v) is 5.65. The van der Waals surface area contributed by atoms with Crippen molar-refractivity contribution in [3.05, 3.63) is 17.5 Å². The Kier molecular flexibility index (Phi) is 4.58. The molecule has 1 aromatic heterocycles. The van der Waals surface area contributed by atoms with Crippen molar-refractivity contribution in [2.45, 2.75) is 39.7 Å². The Morgan fingerprint density at radius 1 is 1.53 bits per heavy atom. The van der Waals surface area contributed by atoms with Gasteiger partial charge in [-0.2, -0.15) is 5.10 Å². The first-order valence-corrected chi connectivity index (χ1v) is 6.99. The minimum absolute atomic E-state index is 0.0201. The SMILES string of the molecule is Cc1cc(C(=O)N2CCC(OCC(C)C)CC2)n[nH]1. The van der Waals surface area contributed by atoms with Gasteiger partial charge in [0.25, 0.3) is 5.91 Å². The van der Waals surface area contributed by atoms with Crippen LogP contribution in [0, 0.1) is 12.8 Å². The van der Waals surface area contributed by atoms with Crippen molar-refractivity contribution < 1.29 is 9.53 Å². The van der Waals surface area contributed by atoms with Crippen LogP contribution in [0.5, 0.6) is 0 Å². The zero-order chi connectivity index (χ0) is 13.8. The van der Waals surface area contributed by atoms with E-state index < -0.39 is 0 Å². The number of rotatable bonds is 4. The average molecular weight is 265 g/mol. The van der Waals surface area contributed by atoms with Crippen LogP contribution in [0.3, 0.4) is 0 Å². The van der Waals surface area contributed by atoms with Crippen molar-refractivity contribution in [1.29, 1.82) is 0 Å². The molecule has 106 valence electrons. The molecule has 1 N–H and O–H groups in total. The van der Waals surface area contributed by atoms with Crippen molar-refractivity contribution in [3.8, 4) is 0 Å². The molecule has 0 unspecified atom stereocenters. The fraction of sp³-hybridized carbons (Fsp3) is 0.714. The fourth-order valence-corrected chi connectivity index (χ4v) is 2.24. The summed E-state index contributed by atoms with van der Waals surface area (Å²) >= 11 is 0. The number of hydrogen-bond donors (Lipinski definition) is 1. The topological polar surface area (TPSA) is 58.2 Å². The summed E-state index contributed by atoms with van der Waals surface area (Å²) in [5.74, 6) is 0.582. The lowest BCUT2D eigenvalue weighted by molar-refractivity contribution is -0.00243. The molecule has 0 aliphatic carbocycles. The van der Waals surface area contributed by atoms with Crippen LogP contribution in [0.25, 0.3) is 0 Å². The number of H-pyrrole nitrogens is 1. The van der Waals surface area contributed by atoms with Crippen molar-refractivity contribution >= 4 is 5.91 Å². The van der Waals surface area contributed by atoms with Gasteiger partial charge >= 0.3 is 0 Å². The highest BCUT2D eigenvalue weighted by Gasteiger charge is 2.25.